The molecule has 7 heteroatoms. The summed E-state index contributed by atoms with van der Waals surface area (Å²) in [6.07, 6.45) is -2.31. The van der Waals surface area contributed by atoms with Gasteiger partial charge in [0, 0.05) is 10.0 Å². The molecule has 1 atom stereocenters. The summed E-state index contributed by atoms with van der Waals surface area (Å²) >= 11 is 2.93. The van der Waals surface area contributed by atoms with Crippen LogP contribution in [0.3, 0.4) is 0 Å². The Bertz CT molecular complexity index is 527. The molecule has 3 nitrogen and oxygen atoms in total. The zero-order valence-corrected chi connectivity index (χ0v) is 9.52. The first kappa shape index (κ1) is 11.0. The second kappa shape index (κ2) is 2.99. The molecule has 0 fully saturated rings. The van der Waals surface area contributed by atoms with E-state index in [1.165, 1.54) is 12.1 Å². The summed E-state index contributed by atoms with van der Waals surface area (Å²) in [5.74, 6) is 0. The Hall–Kier alpha value is -0.530. The van der Waals surface area contributed by atoms with Gasteiger partial charge in [-0.3, -0.25) is 0 Å². The highest BCUT2D eigenvalue weighted by molar-refractivity contribution is 9.10. The lowest BCUT2D eigenvalue weighted by Crippen LogP contribution is -2.28. The summed E-state index contributed by atoms with van der Waals surface area (Å²) in [5, 5.41) is 5.11. The number of hydrogen-bond acceptors (Lipinski definition) is 3. The first-order valence-electron chi connectivity index (χ1n) is 3.89. The highest BCUT2D eigenvalue weighted by Gasteiger charge is 2.60. The van der Waals surface area contributed by atoms with Crippen molar-refractivity contribution in [2.45, 2.75) is 16.3 Å². The SMILES string of the molecule is O=S1(=O)c2cccc(Br)c2[C@@H](O)C1(F)F. The van der Waals surface area contributed by atoms with Crippen molar-refractivity contribution >= 4 is 25.8 Å². The minimum Gasteiger partial charge on any atom is -0.381 e. The van der Waals surface area contributed by atoms with Gasteiger partial charge in [0.05, 0.1) is 4.90 Å². The molecule has 1 N–H and O–H groups in total. The van der Waals surface area contributed by atoms with Crippen molar-refractivity contribution in [2.24, 2.45) is 0 Å². The standard InChI is InChI=1S/C8H5BrF2O3S/c9-4-2-1-3-5-6(4)7(12)8(10,11)15(5,13)14/h1-3,7,12H/t7-/m1/s1. The lowest BCUT2D eigenvalue weighted by molar-refractivity contribution is -0.0378. The van der Waals surface area contributed by atoms with Gasteiger partial charge in [0.1, 0.15) is 0 Å². The van der Waals surface area contributed by atoms with Crippen LogP contribution in [0.2, 0.25) is 0 Å². The summed E-state index contributed by atoms with van der Waals surface area (Å²) < 4.78 is 49.3. The monoisotopic (exact) mass is 298 g/mol. The van der Waals surface area contributed by atoms with Crippen molar-refractivity contribution in [3.63, 3.8) is 0 Å². The Morgan fingerprint density at radius 2 is 2.00 bits per heavy atom. The molecule has 0 amide bonds. The fourth-order valence-electron chi connectivity index (χ4n) is 1.48. The third kappa shape index (κ3) is 1.20. The molecule has 0 unspecified atom stereocenters. The summed E-state index contributed by atoms with van der Waals surface area (Å²) in [6.45, 7) is 0. The number of aliphatic hydroxyl groups excluding tert-OH is 1. The smallest absolute Gasteiger partial charge is 0.379 e. The predicted molar refractivity (Wildman–Crippen MR) is 51.2 cm³/mol. The van der Waals surface area contributed by atoms with E-state index in [4.69, 9.17) is 0 Å². The molecule has 0 spiro atoms. The third-order valence-electron chi connectivity index (χ3n) is 2.25. The number of aliphatic hydroxyl groups is 1. The lowest BCUT2D eigenvalue weighted by Gasteiger charge is -2.12. The van der Waals surface area contributed by atoms with Gasteiger partial charge in [-0.25, -0.2) is 8.42 Å². The molecule has 15 heavy (non-hydrogen) atoms. The van der Waals surface area contributed by atoms with Crippen molar-refractivity contribution in [3.8, 4) is 0 Å². The van der Waals surface area contributed by atoms with Gasteiger partial charge >= 0.3 is 5.25 Å². The summed E-state index contributed by atoms with van der Waals surface area (Å²) in [7, 11) is -4.77. The van der Waals surface area contributed by atoms with Gasteiger partial charge in [-0.1, -0.05) is 22.0 Å². The van der Waals surface area contributed by atoms with Crippen LogP contribution in [0, 0.1) is 0 Å². The van der Waals surface area contributed by atoms with Crippen LogP contribution >= 0.6 is 15.9 Å². The van der Waals surface area contributed by atoms with E-state index in [0.29, 0.717) is 0 Å². The fraction of sp³-hybridized carbons (Fsp3) is 0.250. The molecular formula is C8H5BrF2O3S. The highest BCUT2D eigenvalue weighted by Crippen LogP contribution is 2.50. The van der Waals surface area contributed by atoms with Gasteiger partial charge in [0.15, 0.2) is 6.10 Å². The maximum absolute atomic E-state index is 13.2. The fourth-order valence-corrected chi connectivity index (χ4v) is 3.67. The van der Waals surface area contributed by atoms with E-state index < -0.39 is 26.1 Å². The molecule has 2 rings (SSSR count). The highest BCUT2D eigenvalue weighted by atomic mass is 79.9. The Morgan fingerprint density at radius 1 is 1.40 bits per heavy atom. The molecule has 0 saturated carbocycles. The number of halogens is 3. The van der Waals surface area contributed by atoms with E-state index in [0.717, 1.165) is 6.07 Å². The van der Waals surface area contributed by atoms with Gasteiger partial charge in [0.2, 0.25) is 9.84 Å². The van der Waals surface area contributed by atoms with Gasteiger partial charge in [-0.2, -0.15) is 8.78 Å². The van der Waals surface area contributed by atoms with Crippen LogP contribution in [-0.4, -0.2) is 18.8 Å². The zero-order valence-electron chi connectivity index (χ0n) is 7.12. The average Bonchev–Trinajstić information content (AvgIpc) is 2.27. The van der Waals surface area contributed by atoms with E-state index in [2.05, 4.69) is 15.9 Å². The van der Waals surface area contributed by atoms with E-state index in [1.807, 2.05) is 0 Å². The van der Waals surface area contributed by atoms with Crippen molar-refractivity contribution in [2.75, 3.05) is 0 Å². The number of alkyl halides is 2. The minimum atomic E-state index is -4.77. The minimum absolute atomic E-state index is 0.160. The van der Waals surface area contributed by atoms with Crippen molar-refractivity contribution in [1.29, 1.82) is 0 Å². The number of hydrogen-bond donors (Lipinski definition) is 1. The summed E-state index contributed by atoms with van der Waals surface area (Å²) in [6, 6.07) is 3.78. The van der Waals surface area contributed by atoms with E-state index in [-0.39, 0.29) is 10.0 Å². The number of sulfone groups is 1. The molecule has 1 aliphatic heterocycles. The number of rotatable bonds is 0. The van der Waals surface area contributed by atoms with Crippen LogP contribution in [0.15, 0.2) is 27.6 Å². The van der Waals surface area contributed by atoms with E-state index in [1.54, 1.807) is 0 Å². The number of benzene rings is 1. The molecule has 0 radical (unpaired) electrons. The van der Waals surface area contributed by atoms with Gasteiger partial charge < -0.3 is 5.11 Å². The van der Waals surface area contributed by atoms with E-state index in [9.17, 15) is 22.3 Å². The van der Waals surface area contributed by atoms with Gasteiger partial charge in [-0.15, -0.1) is 0 Å². The van der Waals surface area contributed by atoms with Crippen LogP contribution in [0.25, 0.3) is 0 Å². The normalized spacial score (nSPS) is 26.3. The lowest BCUT2D eigenvalue weighted by atomic mass is 10.1. The van der Waals surface area contributed by atoms with Crippen molar-refractivity contribution < 1.29 is 22.3 Å². The maximum atomic E-state index is 13.2. The Kier molecular flexibility index (Phi) is 2.19. The molecule has 1 heterocycles. The average molecular weight is 299 g/mol. The molecule has 0 saturated heterocycles. The zero-order chi connectivity index (χ0) is 11.4. The molecule has 0 aromatic heterocycles. The number of fused-ring (bicyclic) bond motifs is 1. The quantitative estimate of drug-likeness (QED) is 0.795. The van der Waals surface area contributed by atoms with Crippen molar-refractivity contribution in [1.82, 2.24) is 0 Å². The Morgan fingerprint density at radius 3 is 2.53 bits per heavy atom. The van der Waals surface area contributed by atoms with Crippen LogP contribution in [-0.2, 0) is 9.84 Å². The first-order valence-corrected chi connectivity index (χ1v) is 6.16. The molecule has 1 aliphatic rings. The maximum Gasteiger partial charge on any atom is 0.379 e. The van der Waals surface area contributed by atoms with Crippen LogP contribution in [0.5, 0.6) is 0 Å². The van der Waals surface area contributed by atoms with Gasteiger partial charge in [-0.05, 0) is 12.1 Å². The first-order chi connectivity index (χ1) is 6.80. The molecule has 1 aromatic carbocycles. The predicted octanol–water partition coefficient (Wildman–Crippen LogP) is 1.86. The molecule has 82 valence electrons. The second-order valence-corrected chi connectivity index (χ2v) is 5.96. The third-order valence-corrected chi connectivity index (χ3v) is 4.82. The van der Waals surface area contributed by atoms with Crippen molar-refractivity contribution in [3.05, 3.63) is 28.2 Å². The Balaban J connectivity index is 2.87. The van der Waals surface area contributed by atoms with E-state index >= 15 is 0 Å². The van der Waals surface area contributed by atoms with Crippen LogP contribution in [0.4, 0.5) is 8.78 Å². The summed E-state index contributed by atoms with van der Waals surface area (Å²) in [4.78, 5) is -0.519. The summed E-state index contributed by atoms with van der Waals surface area (Å²) in [5.41, 5.74) is -0.275. The molecular weight excluding hydrogens is 294 g/mol. The molecule has 0 aliphatic carbocycles. The topological polar surface area (TPSA) is 54.4 Å². The van der Waals surface area contributed by atoms with Crippen LogP contribution < -0.4 is 0 Å². The van der Waals surface area contributed by atoms with Gasteiger partial charge in [0.25, 0.3) is 0 Å². The Labute approximate surface area is 92.8 Å². The molecule has 0 bridgehead atoms. The molecule has 1 aromatic rings. The van der Waals surface area contributed by atoms with Crippen LogP contribution in [0.1, 0.15) is 11.7 Å². The largest absolute Gasteiger partial charge is 0.381 e. The second-order valence-electron chi connectivity index (χ2n) is 3.12.